The maximum absolute atomic E-state index is 12.8. The second-order valence-electron chi connectivity index (χ2n) is 7.84. The summed E-state index contributed by atoms with van der Waals surface area (Å²) in [6.07, 6.45) is 16.5. The van der Waals surface area contributed by atoms with E-state index in [4.69, 9.17) is 0 Å². The summed E-state index contributed by atoms with van der Waals surface area (Å²) in [6, 6.07) is 5.95. The van der Waals surface area contributed by atoms with Gasteiger partial charge in [0, 0.05) is 36.7 Å². The van der Waals surface area contributed by atoms with Crippen LogP contribution in [0.5, 0.6) is 0 Å². The van der Waals surface area contributed by atoms with Crippen molar-refractivity contribution >= 4 is 17.8 Å². The second kappa shape index (κ2) is 13.6. The molecule has 0 amide bonds. The third-order valence-electron chi connectivity index (χ3n) is 5.43. The quantitative estimate of drug-likeness (QED) is 0.198. The van der Waals surface area contributed by atoms with Crippen LogP contribution in [-0.2, 0) is 16.1 Å². The summed E-state index contributed by atoms with van der Waals surface area (Å²) in [7, 11) is 1.37. The van der Waals surface area contributed by atoms with Crippen LogP contribution in [0.3, 0.4) is 0 Å². The molecule has 5 heteroatoms. The van der Waals surface area contributed by atoms with Gasteiger partial charge in [0.15, 0.2) is 5.78 Å². The molecule has 31 heavy (non-hydrogen) atoms. The van der Waals surface area contributed by atoms with Crippen LogP contribution < -0.4 is 0 Å². The lowest BCUT2D eigenvalue weighted by Crippen LogP contribution is -2.05. The standard InChI is InChI=1S/C26H36N2O3/c1-4-6-7-8-9-10-11-13-22-18-21(23-19-27-28(5-2)20-23)16-17-24(22)25(29)14-12-15-26(30)31-3/h11,13,16-20H,4-10,12,14-15H2,1-3H3/b13-11+. The number of ketones is 1. The molecule has 0 fully saturated rings. The number of allylic oxidation sites excluding steroid dienone is 1. The number of carbonyl (C=O) groups is 2. The van der Waals surface area contributed by atoms with Crippen LogP contribution in [0.15, 0.2) is 36.7 Å². The Morgan fingerprint density at radius 3 is 2.55 bits per heavy atom. The Labute approximate surface area is 186 Å². The zero-order valence-electron chi connectivity index (χ0n) is 19.2. The van der Waals surface area contributed by atoms with Crippen molar-refractivity contribution in [3.05, 3.63) is 47.8 Å². The summed E-state index contributed by atoms with van der Waals surface area (Å²) in [6.45, 7) is 5.10. The molecule has 168 valence electrons. The molecule has 1 aromatic heterocycles. The molecule has 0 aliphatic rings. The first-order valence-electron chi connectivity index (χ1n) is 11.5. The molecule has 0 aliphatic heterocycles. The van der Waals surface area contributed by atoms with Gasteiger partial charge < -0.3 is 4.74 Å². The summed E-state index contributed by atoms with van der Waals surface area (Å²) >= 11 is 0. The number of esters is 1. The smallest absolute Gasteiger partial charge is 0.305 e. The van der Waals surface area contributed by atoms with Crippen molar-refractivity contribution in [3.8, 4) is 11.1 Å². The zero-order chi connectivity index (χ0) is 22.5. The predicted molar refractivity (Wildman–Crippen MR) is 126 cm³/mol. The number of unbranched alkanes of at least 4 members (excludes halogenated alkanes) is 5. The van der Waals surface area contributed by atoms with Gasteiger partial charge in [-0.25, -0.2) is 0 Å². The summed E-state index contributed by atoms with van der Waals surface area (Å²) in [5.74, 6) is -0.221. The number of ether oxygens (including phenoxy) is 1. The molecule has 2 aromatic rings. The minimum absolute atomic E-state index is 0.0577. The van der Waals surface area contributed by atoms with E-state index in [1.807, 2.05) is 29.2 Å². The van der Waals surface area contributed by atoms with Crippen molar-refractivity contribution in [3.63, 3.8) is 0 Å². The van der Waals surface area contributed by atoms with Gasteiger partial charge in [0.05, 0.1) is 13.3 Å². The minimum Gasteiger partial charge on any atom is -0.469 e. The summed E-state index contributed by atoms with van der Waals surface area (Å²) in [4.78, 5) is 24.2. The zero-order valence-corrected chi connectivity index (χ0v) is 19.2. The molecule has 0 N–H and O–H groups in total. The molecular weight excluding hydrogens is 388 g/mol. The van der Waals surface area contributed by atoms with Gasteiger partial charge in [0.25, 0.3) is 0 Å². The van der Waals surface area contributed by atoms with Crippen molar-refractivity contribution in [2.45, 2.75) is 78.2 Å². The van der Waals surface area contributed by atoms with Gasteiger partial charge in [-0.1, -0.05) is 56.9 Å². The SMILES string of the molecule is CCCCCCC/C=C/c1cc(-c2cnn(CC)c2)ccc1C(=O)CCCC(=O)OC. The van der Waals surface area contributed by atoms with Gasteiger partial charge >= 0.3 is 5.97 Å². The number of Topliss-reactive ketones (excluding diaryl/α,β-unsaturated/α-hetero) is 1. The molecule has 0 atom stereocenters. The summed E-state index contributed by atoms with van der Waals surface area (Å²) in [5.41, 5.74) is 3.73. The highest BCUT2D eigenvalue weighted by molar-refractivity contribution is 6.00. The maximum atomic E-state index is 12.8. The lowest BCUT2D eigenvalue weighted by molar-refractivity contribution is -0.140. The highest BCUT2D eigenvalue weighted by Crippen LogP contribution is 2.25. The van der Waals surface area contributed by atoms with E-state index in [1.165, 1.54) is 39.2 Å². The molecule has 1 aromatic carbocycles. The molecule has 0 saturated heterocycles. The number of methoxy groups -OCH3 is 1. The van der Waals surface area contributed by atoms with Crippen LogP contribution >= 0.6 is 0 Å². The maximum Gasteiger partial charge on any atom is 0.305 e. The average molecular weight is 425 g/mol. The predicted octanol–water partition coefficient (Wildman–Crippen LogP) is 6.47. The monoisotopic (exact) mass is 424 g/mol. The van der Waals surface area contributed by atoms with Gasteiger partial charge in [0.2, 0.25) is 0 Å². The highest BCUT2D eigenvalue weighted by Gasteiger charge is 2.13. The van der Waals surface area contributed by atoms with E-state index in [2.05, 4.69) is 41.9 Å². The number of rotatable bonds is 14. The van der Waals surface area contributed by atoms with Crippen LogP contribution in [0.2, 0.25) is 0 Å². The summed E-state index contributed by atoms with van der Waals surface area (Å²) in [5, 5.41) is 4.36. The minimum atomic E-state index is -0.278. The van der Waals surface area contributed by atoms with Crippen LogP contribution in [0, 0.1) is 0 Å². The van der Waals surface area contributed by atoms with Gasteiger partial charge in [-0.3, -0.25) is 14.3 Å². The van der Waals surface area contributed by atoms with E-state index in [0.717, 1.165) is 29.7 Å². The first kappa shape index (κ1) is 24.6. The first-order valence-corrected chi connectivity index (χ1v) is 11.5. The topological polar surface area (TPSA) is 61.2 Å². The molecule has 0 radical (unpaired) electrons. The van der Waals surface area contributed by atoms with E-state index in [9.17, 15) is 9.59 Å². The number of carbonyl (C=O) groups excluding carboxylic acids is 2. The number of nitrogens with zero attached hydrogens (tertiary/aromatic N) is 2. The molecule has 1 heterocycles. The average Bonchev–Trinajstić information content (AvgIpc) is 3.27. The van der Waals surface area contributed by atoms with E-state index < -0.39 is 0 Å². The Morgan fingerprint density at radius 2 is 1.84 bits per heavy atom. The fraction of sp³-hybridized carbons (Fsp3) is 0.500. The molecule has 2 rings (SSSR count). The Kier molecular flexibility index (Phi) is 10.8. The van der Waals surface area contributed by atoms with E-state index >= 15 is 0 Å². The van der Waals surface area contributed by atoms with Crippen molar-refractivity contribution in [2.75, 3.05) is 7.11 Å². The number of aryl methyl sites for hydroxylation is 1. The number of hydrogen-bond donors (Lipinski definition) is 0. The second-order valence-corrected chi connectivity index (χ2v) is 7.84. The molecule has 0 bridgehead atoms. The molecular formula is C26H36N2O3. The Hall–Kier alpha value is -2.69. The number of hydrogen-bond acceptors (Lipinski definition) is 4. The van der Waals surface area contributed by atoms with Crippen molar-refractivity contribution in [1.29, 1.82) is 0 Å². The summed E-state index contributed by atoms with van der Waals surface area (Å²) < 4.78 is 6.56. The van der Waals surface area contributed by atoms with E-state index in [1.54, 1.807) is 0 Å². The fourth-order valence-electron chi connectivity index (χ4n) is 3.53. The van der Waals surface area contributed by atoms with Crippen molar-refractivity contribution in [1.82, 2.24) is 9.78 Å². The molecule has 5 nitrogen and oxygen atoms in total. The molecule has 0 saturated carbocycles. The van der Waals surface area contributed by atoms with Gasteiger partial charge in [-0.05, 0) is 43.4 Å². The van der Waals surface area contributed by atoms with Gasteiger partial charge in [-0.2, -0.15) is 5.10 Å². The molecule has 0 spiro atoms. The number of aromatic nitrogens is 2. The third-order valence-corrected chi connectivity index (χ3v) is 5.43. The number of benzene rings is 1. The lowest BCUT2D eigenvalue weighted by Gasteiger charge is -2.08. The Balaban J connectivity index is 2.14. The van der Waals surface area contributed by atoms with E-state index in [-0.39, 0.29) is 18.2 Å². The van der Waals surface area contributed by atoms with E-state index in [0.29, 0.717) is 18.4 Å². The lowest BCUT2D eigenvalue weighted by atomic mass is 9.95. The fourth-order valence-corrected chi connectivity index (χ4v) is 3.53. The van der Waals surface area contributed by atoms with Crippen molar-refractivity contribution < 1.29 is 14.3 Å². The van der Waals surface area contributed by atoms with Crippen LogP contribution in [0.1, 0.15) is 87.6 Å². The van der Waals surface area contributed by atoms with Crippen LogP contribution in [0.4, 0.5) is 0 Å². The van der Waals surface area contributed by atoms with Crippen LogP contribution in [0.25, 0.3) is 17.2 Å². The van der Waals surface area contributed by atoms with Crippen LogP contribution in [-0.4, -0.2) is 28.6 Å². The van der Waals surface area contributed by atoms with Gasteiger partial charge in [-0.15, -0.1) is 0 Å². The first-order chi connectivity index (χ1) is 15.1. The highest BCUT2D eigenvalue weighted by atomic mass is 16.5. The molecule has 0 aliphatic carbocycles. The largest absolute Gasteiger partial charge is 0.469 e. The Bertz CT molecular complexity index is 867. The van der Waals surface area contributed by atoms with Gasteiger partial charge in [0.1, 0.15) is 0 Å². The Morgan fingerprint density at radius 1 is 1.03 bits per heavy atom. The molecule has 0 unspecified atom stereocenters. The third kappa shape index (κ3) is 8.16. The normalized spacial score (nSPS) is 11.2. The van der Waals surface area contributed by atoms with Crippen molar-refractivity contribution in [2.24, 2.45) is 0 Å².